The van der Waals surface area contributed by atoms with Gasteiger partial charge in [0.05, 0.1) is 10.9 Å². The number of nitrogens with one attached hydrogen (secondary N) is 1. The van der Waals surface area contributed by atoms with Crippen LogP contribution in [0.4, 0.5) is 4.39 Å². The highest BCUT2D eigenvalue weighted by atomic mass is 35.5. The van der Waals surface area contributed by atoms with Crippen molar-refractivity contribution in [2.45, 2.75) is 32.2 Å². The smallest absolute Gasteiger partial charge is 0.306 e. The second-order valence-corrected chi connectivity index (χ2v) is 5.78. The third-order valence-electron chi connectivity index (χ3n) is 3.98. The first kappa shape index (κ1) is 15.3. The van der Waals surface area contributed by atoms with Gasteiger partial charge in [0.1, 0.15) is 5.82 Å². The van der Waals surface area contributed by atoms with E-state index >= 15 is 0 Å². The lowest BCUT2D eigenvalue weighted by Gasteiger charge is -2.26. The molecule has 1 aliphatic rings. The summed E-state index contributed by atoms with van der Waals surface area (Å²) in [6.45, 7) is 1.36. The molecule has 1 aromatic carbocycles. The molecule has 110 valence electrons. The Labute approximate surface area is 123 Å². The van der Waals surface area contributed by atoms with E-state index < -0.39 is 11.8 Å². The summed E-state index contributed by atoms with van der Waals surface area (Å²) in [4.78, 5) is 10.9. The zero-order chi connectivity index (χ0) is 14.5. The number of halogens is 2. The van der Waals surface area contributed by atoms with Crippen LogP contribution in [0, 0.1) is 17.7 Å². The van der Waals surface area contributed by atoms with E-state index in [2.05, 4.69) is 5.32 Å². The predicted molar refractivity (Wildman–Crippen MR) is 76.2 cm³/mol. The molecule has 1 saturated carbocycles. The van der Waals surface area contributed by atoms with Crippen LogP contribution in [-0.2, 0) is 11.3 Å². The molecule has 0 aliphatic heterocycles. The maximum atomic E-state index is 13.3. The zero-order valence-corrected chi connectivity index (χ0v) is 12.0. The summed E-state index contributed by atoms with van der Waals surface area (Å²) in [6.07, 6.45) is 3.37. The molecule has 0 unspecified atom stereocenters. The molecule has 2 rings (SSSR count). The highest BCUT2D eigenvalue weighted by Crippen LogP contribution is 2.28. The molecule has 0 heterocycles. The first-order valence-corrected chi connectivity index (χ1v) is 7.32. The monoisotopic (exact) mass is 299 g/mol. The molecule has 0 spiro atoms. The molecule has 0 bridgehead atoms. The van der Waals surface area contributed by atoms with Gasteiger partial charge in [0.15, 0.2) is 0 Å². The van der Waals surface area contributed by atoms with Crippen molar-refractivity contribution >= 4 is 17.6 Å². The lowest BCUT2D eigenvalue weighted by atomic mass is 9.82. The Bertz CT molecular complexity index is 473. The van der Waals surface area contributed by atoms with E-state index in [0.717, 1.165) is 37.8 Å². The molecule has 1 aromatic rings. The van der Waals surface area contributed by atoms with Gasteiger partial charge in [0, 0.05) is 6.54 Å². The van der Waals surface area contributed by atoms with E-state index in [9.17, 15) is 9.18 Å². The predicted octanol–water partition coefficient (Wildman–Crippen LogP) is 3.46. The highest BCUT2D eigenvalue weighted by Gasteiger charge is 2.25. The minimum Gasteiger partial charge on any atom is -0.481 e. The summed E-state index contributed by atoms with van der Waals surface area (Å²) in [6, 6.07) is 4.80. The molecule has 20 heavy (non-hydrogen) atoms. The summed E-state index contributed by atoms with van der Waals surface area (Å²) in [7, 11) is 0. The third kappa shape index (κ3) is 3.93. The lowest BCUT2D eigenvalue weighted by molar-refractivity contribution is -0.143. The van der Waals surface area contributed by atoms with Crippen molar-refractivity contribution < 1.29 is 14.3 Å². The van der Waals surface area contributed by atoms with Crippen LogP contribution in [-0.4, -0.2) is 17.6 Å². The van der Waals surface area contributed by atoms with Crippen molar-refractivity contribution in [3.8, 4) is 0 Å². The number of hydrogen-bond acceptors (Lipinski definition) is 2. The van der Waals surface area contributed by atoms with Crippen LogP contribution < -0.4 is 5.32 Å². The van der Waals surface area contributed by atoms with Gasteiger partial charge in [-0.1, -0.05) is 23.7 Å². The Kier molecular flexibility index (Phi) is 5.38. The minimum absolute atomic E-state index is 0.176. The van der Waals surface area contributed by atoms with E-state index in [4.69, 9.17) is 16.7 Å². The van der Waals surface area contributed by atoms with E-state index in [1.807, 2.05) is 0 Å². The third-order valence-corrected chi connectivity index (χ3v) is 4.40. The Morgan fingerprint density at radius 2 is 2.05 bits per heavy atom. The zero-order valence-electron chi connectivity index (χ0n) is 11.2. The maximum absolute atomic E-state index is 13.3. The van der Waals surface area contributed by atoms with Crippen molar-refractivity contribution in [3.05, 3.63) is 34.6 Å². The molecule has 0 aromatic heterocycles. The summed E-state index contributed by atoms with van der Waals surface area (Å²) >= 11 is 5.89. The number of carboxylic acids is 1. The van der Waals surface area contributed by atoms with Crippen LogP contribution in [0.5, 0.6) is 0 Å². The van der Waals surface area contributed by atoms with Crippen LogP contribution in [0.1, 0.15) is 31.2 Å². The Morgan fingerprint density at radius 3 is 2.70 bits per heavy atom. The number of aliphatic carboxylic acids is 1. The van der Waals surface area contributed by atoms with Crippen LogP contribution in [0.2, 0.25) is 5.02 Å². The van der Waals surface area contributed by atoms with Crippen molar-refractivity contribution in [2.75, 3.05) is 6.54 Å². The van der Waals surface area contributed by atoms with Gasteiger partial charge in [-0.15, -0.1) is 0 Å². The number of rotatable bonds is 5. The van der Waals surface area contributed by atoms with Gasteiger partial charge in [-0.3, -0.25) is 4.79 Å². The first-order valence-electron chi connectivity index (χ1n) is 6.94. The minimum atomic E-state index is -0.678. The van der Waals surface area contributed by atoms with E-state index in [1.165, 1.54) is 6.07 Å². The van der Waals surface area contributed by atoms with Crippen molar-refractivity contribution in [3.63, 3.8) is 0 Å². The number of benzene rings is 1. The van der Waals surface area contributed by atoms with Gasteiger partial charge in [-0.25, -0.2) is 4.39 Å². The fraction of sp³-hybridized carbons (Fsp3) is 0.533. The van der Waals surface area contributed by atoms with Crippen molar-refractivity contribution in [1.82, 2.24) is 5.32 Å². The lowest BCUT2D eigenvalue weighted by Crippen LogP contribution is -2.28. The number of carbonyl (C=O) groups is 1. The molecule has 0 saturated heterocycles. The molecule has 0 atom stereocenters. The summed E-state index contributed by atoms with van der Waals surface area (Å²) in [5, 5.41) is 12.4. The molecule has 5 heteroatoms. The Balaban J connectivity index is 1.74. The van der Waals surface area contributed by atoms with Crippen molar-refractivity contribution in [1.29, 1.82) is 0 Å². The molecule has 3 nitrogen and oxygen atoms in total. The average Bonchev–Trinajstić information content (AvgIpc) is 2.44. The van der Waals surface area contributed by atoms with Crippen molar-refractivity contribution in [2.24, 2.45) is 11.8 Å². The van der Waals surface area contributed by atoms with Crippen LogP contribution in [0.15, 0.2) is 18.2 Å². The molecule has 2 N–H and O–H groups in total. The second kappa shape index (κ2) is 7.04. The van der Waals surface area contributed by atoms with Gasteiger partial charge < -0.3 is 10.4 Å². The molecule has 1 aliphatic carbocycles. The quantitative estimate of drug-likeness (QED) is 0.875. The first-order chi connectivity index (χ1) is 9.58. The van der Waals surface area contributed by atoms with E-state index in [1.54, 1.807) is 12.1 Å². The molecule has 1 fully saturated rings. The van der Waals surface area contributed by atoms with Crippen LogP contribution in [0.3, 0.4) is 0 Å². The second-order valence-electron chi connectivity index (χ2n) is 5.40. The van der Waals surface area contributed by atoms with E-state index in [0.29, 0.717) is 12.5 Å². The Morgan fingerprint density at radius 1 is 1.35 bits per heavy atom. The highest BCUT2D eigenvalue weighted by molar-refractivity contribution is 6.31. The summed E-state index contributed by atoms with van der Waals surface area (Å²) in [5.41, 5.74) is 0.755. The van der Waals surface area contributed by atoms with Crippen LogP contribution >= 0.6 is 11.6 Å². The van der Waals surface area contributed by atoms with Gasteiger partial charge in [-0.05, 0) is 49.8 Å². The van der Waals surface area contributed by atoms with E-state index in [-0.39, 0.29) is 10.9 Å². The van der Waals surface area contributed by atoms with Crippen LogP contribution in [0.25, 0.3) is 0 Å². The summed E-state index contributed by atoms with van der Waals surface area (Å²) in [5.74, 6) is -0.752. The SMILES string of the molecule is O=C(O)C1CCC(CNCc2cccc(F)c2Cl)CC1. The molecular formula is C15H19ClFNO2. The normalized spacial score (nSPS) is 22.7. The average molecular weight is 300 g/mol. The largest absolute Gasteiger partial charge is 0.481 e. The Hall–Kier alpha value is -1.13. The van der Waals surface area contributed by atoms with Gasteiger partial charge in [-0.2, -0.15) is 0 Å². The summed E-state index contributed by atoms with van der Waals surface area (Å²) < 4.78 is 13.3. The fourth-order valence-corrected chi connectivity index (χ4v) is 2.90. The van der Waals surface area contributed by atoms with Gasteiger partial charge >= 0.3 is 5.97 Å². The molecule has 0 amide bonds. The van der Waals surface area contributed by atoms with Gasteiger partial charge in [0.2, 0.25) is 0 Å². The maximum Gasteiger partial charge on any atom is 0.306 e. The van der Waals surface area contributed by atoms with Gasteiger partial charge in [0.25, 0.3) is 0 Å². The standard InChI is InChI=1S/C15H19ClFNO2/c16-14-12(2-1-3-13(14)17)9-18-8-10-4-6-11(7-5-10)15(19)20/h1-3,10-11,18H,4-9H2,(H,19,20). The number of carboxylic acid groups (broad SMARTS) is 1. The number of hydrogen-bond donors (Lipinski definition) is 2. The fourth-order valence-electron chi connectivity index (χ4n) is 2.71. The molecule has 0 radical (unpaired) electrons. The topological polar surface area (TPSA) is 49.3 Å². The molecular weight excluding hydrogens is 281 g/mol.